The summed E-state index contributed by atoms with van der Waals surface area (Å²) in [6.07, 6.45) is 6.11. The molecule has 0 aliphatic carbocycles. The molecule has 0 atom stereocenters. The van der Waals surface area contributed by atoms with Crippen molar-refractivity contribution in [3.63, 3.8) is 0 Å². The molecule has 138 valence electrons. The Morgan fingerprint density at radius 3 is 2.48 bits per heavy atom. The van der Waals surface area contributed by atoms with Crippen LogP contribution in [-0.2, 0) is 11.2 Å². The van der Waals surface area contributed by atoms with Crippen molar-refractivity contribution in [1.82, 2.24) is 20.2 Å². The van der Waals surface area contributed by atoms with Crippen LogP contribution in [0.4, 0.5) is 23.1 Å². The number of hydrogen-bond acceptors (Lipinski definition) is 7. The monoisotopic (exact) mass is 363 g/mol. The van der Waals surface area contributed by atoms with Gasteiger partial charge < -0.3 is 15.5 Å². The average molecular weight is 363 g/mol. The maximum absolute atomic E-state index is 11.1. The van der Waals surface area contributed by atoms with E-state index in [1.807, 2.05) is 48.3 Å². The molecule has 0 saturated carbocycles. The lowest BCUT2D eigenvalue weighted by Crippen LogP contribution is -2.22. The minimum absolute atomic E-state index is 0.106. The molecule has 0 saturated heterocycles. The molecule has 0 aliphatic rings. The minimum atomic E-state index is -0.106. The van der Waals surface area contributed by atoms with Crippen LogP contribution in [0.3, 0.4) is 0 Å². The van der Waals surface area contributed by atoms with Crippen molar-refractivity contribution in [2.45, 2.75) is 13.3 Å². The largest absolute Gasteiger partial charge is 0.358 e. The number of benzene rings is 1. The molecule has 0 radical (unpaired) electrons. The van der Waals surface area contributed by atoms with E-state index >= 15 is 0 Å². The number of nitrogens with one attached hydrogen (secondary N) is 2. The van der Waals surface area contributed by atoms with Crippen LogP contribution in [0.1, 0.15) is 12.5 Å². The van der Waals surface area contributed by atoms with Crippen LogP contribution in [0.2, 0.25) is 0 Å². The SMILES string of the molecule is CC(=O)Nc1ccc(Nc2nncc(N(C)CCc3ccncc3)n2)cc1. The standard InChI is InChI=1S/C19H21N7O/c1-14(27)22-16-3-5-17(6-4-16)23-19-24-18(13-21-25-19)26(2)12-9-15-7-10-20-11-8-15/h3-8,10-11,13H,9,12H2,1-2H3,(H,22,27)(H,23,24,25). The van der Waals surface area contributed by atoms with Crippen LogP contribution in [0.15, 0.2) is 55.0 Å². The highest BCUT2D eigenvalue weighted by Gasteiger charge is 2.07. The van der Waals surface area contributed by atoms with Gasteiger partial charge in [0.05, 0.1) is 6.20 Å². The number of rotatable bonds is 7. The number of aromatic nitrogens is 4. The third kappa shape index (κ3) is 5.46. The first-order valence-corrected chi connectivity index (χ1v) is 8.54. The lowest BCUT2D eigenvalue weighted by Gasteiger charge is -2.18. The Balaban J connectivity index is 1.61. The molecule has 0 aliphatic heterocycles. The third-order valence-corrected chi connectivity index (χ3v) is 3.88. The second kappa shape index (κ2) is 8.70. The van der Waals surface area contributed by atoms with E-state index in [0.717, 1.165) is 30.2 Å². The Kier molecular flexibility index (Phi) is 5.88. The van der Waals surface area contributed by atoms with E-state index in [2.05, 4.69) is 30.8 Å². The fourth-order valence-corrected chi connectivity index (χ4v) is 2.46. The van der Waals surface area contributed by atoms with Crippen molar-refractivity contribution in [3.8, 4) is 0 Å². The molecule has 2 heterocycles. The predicted molar refractivity (Wildman–Crippen MR) is 105 cm³/mol. The van der Waals surface area contributed by atoms with Crippen molar-refractivity contribution in [2.75, 3.05) is 29.1 Å². The molecule has 8 heteroatoms. The van der Waals surface area contributed by atoms with Gasteiger partial charge in [-0.05, 0) is 48.4 Å². The fourth-order valence-electron chi connectivity index (χ4n) is 2.46. The Hall–Kier alpha value is -3.55. The second-order valence-electron chi connectivity index (χ2n) is 6.05. The van der Waals surface area contributed by atoms with Gasteiger partial charge in [0.15, 0.2) is 5.82 Å². The van der Waals surface area contributed by atoms with Crippen LogP contribution < -0.4 is 15.5 Å². The van der Waals surface area contributed by atoms with Gasteiger partial charge in [-0.1, -0.05) is 0 Å². The second-order valence-corrected chi connectivity index (χ2v) is 6.05. The summed E-state index contributed by atoms with van der Waals surface area (Å²) in [6.45, 7) is 2.27. The van der Waals surface area contributed by atoms with Crippen molar-refractivity contribution in [3.05, 3.63) is 60.6 Å². The van der Waals surface area contributed by atoms with E-state index in [1.165, 1.54) is 12.5 Å². The molecule has 2 N–H and O–H groups in total. The molecular weight excluding hydrogens is 342 g/mol. The number of nitrogens with zero attached hydrogens (tertiary/aromatic N) is 5. The zero-order chi connectivity index (χ0) is 19.1. The molecule has 0 fully saturated rings. The molecule has 0 bridgehead atoms. The normalized spacial score (nSPS) is 10.3. The van der Waals surface area contributed by atoms with Gasteiger partial charge >= 0.3 is 0 Å². The Morgan fingerprint density at radius 1 is 1.07 bits per heavy atom. The van der Waals surface area contributed by atoms with Crippen molar-refractivity contribution in [2.24, 2.45) is 0 Å². The molecule has 1 aromatic carbocycles. The number of pyridine rings is 1. The van der Waals surface area contributed by atoms with Gasteiger partial charge in [0.1, 0.15) is 0 Å². The molecule has 8 nitrogen and oxygen atoms in total. The smallest absolute Gasteiger partial charge is 0.249 e. The number of likely N-dealkylation sites (N-methyl/N-ethyl adjacent to an activating group) is 1. The number of amides is 1. The lowest BCUT2D eigenvalue weighted by atomic mass is 10.2. The van der Waals surface area contributed by atoms with Gasteiger partial charge in [0.25, 0.3) is 0 Å². The highest BCUT2D eigenvalue weighted by Crippen LogP contribution is 2.18. The molecule has 3 aromatic rings. The van der Waals surface area contributed by atoms with Crippen molar-refractivity contribution >= 4 is 29.0 Å². The van der Waals surface area contributed by atoms with Crippen molar-refractivity contribution < 1.29 is 4.79 Å². The quantitative estimate of drug-likeness (QED) is 0.666. The molecule has 0 spiro atoms. The zero-order valence-electron chi connectivity index (χ0n) is 15.3. The summed E-state index contributed by atoms with van der Waals surface area (Å²) in [5.41, 5.74) is 2.76. The first-order valence-electron chi connectivity index (χ1n) is 8.54. The summed E-state index contributed by atoms with van der Waals surface area (Å²) in [5.74, 6) is 1.04. The number of anilines is 4. The highest BCUT2D eigenvalue weighted by atomic mass is 16.1. The van der Waals surface area contributed by atoms with Crippen LogP contribution in [0.25, 0.3) is 0 Å². The first-order chi connectivity index (χ1) is 13.1. The number of carbonyl (C=O) groups excluding carboxylic acids is 1. The maximum Gasteiger partial charge on any atom is 0.249 e. The molecule has 2 aromatic heterocycles. The summed E-state index contributed by atoms with van der Waals surface area (Å²) >= 11 is 0. The van der Waals surface area contributed by atoms with Crippen LogP contribution in [-0.4, -0.2) is 39.7 Å². The third-order valence-electron chi connectivity index (χ3n) is 3.88. The molecule has 3 rings (SSSR count). The average Bonchev–Trinajstić information content (AvgIpc) is 2.68. The van der Waals surface area contributed by atoms with Gasteiger partial charge in [-0.2, -0.15) is 10.1 Å². The zero-order valence-corrected chi connectivity index (χ0v) is 15.3. The number of hydrogen-bond donors (Lipinski definition) is 2. The van der Waals surface area contributed by atoms with E-state index < -0.39 is 0 Å². The fraction of sp³-hybridized carbons (Fsp3) is 0.211. The summed E-state index contributed by atoms with van der Waals surface area (Å²) in [5, 5.41) is 13.9. The first kappa shape index (κ1) is 18.2. The Labute approximate surface area is 157 Å². The Morgan fingerprint density at radius 2 is 1.78 bits per heavy atom. The molecule has 0 unspecified atom stereocenters. The Bertz CT molecular complexity index is 884. The summed E-state index contributed by atoms with van der Waals surface area (Å²) in [4.78, 5) is 21.6. The summed E-state index contributed by atoms with van der Waals surface area (Å²) in [6, 6.07) is 11.3. The van der Waals surface area contributed by atoms with E-state index in [9.17, 15) is 4.79 Å². The van der Waals surface area contributed by atoms with Crippen LogP contribution in [0.5, 0.6) is 0 Å². The van der Waals surface area contributed by atoms with Crippen LogP contribution in [0, 0.1) is 0 Å². The summed E-state index contributed by atoms with van der Waals surface area (Å²) in [7, 11) is 1.97. The van der Waals surface area contributed by atoms with Gasteiger partial charge in [-0.15, -0.1) is 5.10 Å². The van der Waals surface area contributed by atoms with E-state index in [1.54, 1.807) is 18.6 Å². The van der Waals surface area contributed by atoms with Gasteiger partial charge in [0, 0.05) is 44.3 Å². The molecule has 1 amide bonds. The van der Waals surface area contributed by atoms with Gasteiger partial charge in [-0.3, -0.25) is 9.78 Å². The van der Waals surface area contributed by atoms with Gasteiger partial charge in [-0.25, -0.2) is 0 Å². The topological polar surface area (TPSA) is 95.9 Å². The molecule has 27 heavy (non-hydrogen) atoms. The summed E-state index contributed by atoms with van der Waals surface area (Å²) < 4.78 is 0. The van der Waals surface area contributed by atoms with Gasteiger partial charge in [0.2, 0.25) is 11.9 Å². The maximum atomic E-state index is 11.1. The van der Waals surface area contributed by atoms with E-state index in [4.69, 9.17) is 0 Å². The minimum Gasteiger partial charge on any atom is -0.358 e. The predicted octanol–water partition coefficient (Wildman–Crippen LogP) is 2.65. The van der Waals surface area contributed by atoms with Crippen molar-refractivity contribution in [1.29, 1.82) is 0 Å². The van der Waals surface area contributed by atoms with E-state index in [-0.39, 0.29) is 5.91 Å². The number of carbonyl (C=O) groups is 1. The lowest BCUT2D eigenvalue weighted by molar-refractivity contribution is -0.114. The highest BCUT2D eigenvalue weighted by molar-refractivity contribution is 5.88. The molecular formula is C19H21N7O. The van der Waals surface area contributed by atoms with Crippen LogP contribution >= 0.6 is 0 Å². The van der Waals surface area contributed by atoms with E-state index in [0.29, 0.717) is 5.95 Å².